The molecule has 0 bridgehead atoms. The molecule has 8 nitrogen and oxygen atoms in total. The summed E-state index contributed by atoms with van der Waals surface area (Å²) in [5.74, 6) is -1.01. The highest BCUT2D eigenvalue weighted by Gasteiger charge is 2.15. The third kappa shape index (κ3) is 3.79. The first-order chi connectivity index (χ1) is 12.8. The highest BCUT2D eigenvalue weighted by atomic mass is 16.5. The molecule has 1 amide bonds. The summed E-state index contributed by atoms with van der Waals surface area (Å²) in [4.78, 5) is 33.2. The van der Waals surface area contributed by atoms with E-state index in [2.05, 4.69) is 20.4 Å². The van der Waals surface area contributed by atoms with E-state index in [4.69, 9.17) is 4.74 Å². The van der Waals surface area contributed by atoms with Gasteiger partial charge < -0.3 is 10.1 Å². The minimum absolute atomic E-state index is 0.321. The second-order valence-electron chi connectivity index (χ2n) is 6.39. The summed E-state index contributed by atoms with van der Waals surface area (Å²) in [6.07, 6.45) is 0. The van der Waals surface area contributed by atoms with E-state index in [0.717, 1.165) is 17.1 Å². The van der Waals surface area contributed by atoms with Gasteiger partial charge in [-0.1, -0.05) is 0 Å². The number of anilines is 1. The second-order valence-corrected chi connectivity index (χ2v) is 6.39. The standard InChI is InChI=1S/C19H21N5O3/c1-10-11(2)21-16-8-14(6-7-15(16)20-10)19(26)27-9-17(25)22-18-12(3)23-24(5)13(18)4/h6-8H,9H2,1-5H3,(H,22,25). The van der Waals surface area contributed by atoms with Crippen molar-refractivity contribution in [1.82, 2.24) is 19.7 Å². The Morgan fingerprint density at radius 2 is 1.70 bits per heavy atom. The number of fused-ring (bicyclic) bond motifs is 1. The van der Waals surface area contributed by atoms with E-state index in [-0.39, 0.29) is 6.61 Å². The van der Waals surface area contributed by atoms with Crippen LogP contribution in [0.3, 0.4) is 0 Å². The van der Waals surface area contributed by atoms with E-state index in [1.165, 1.54) is 0 Å². The minimum atomic E-state index is -0.591. The van der Waals surface area contributed by atoms with Gasteiger partial charge in [0.1, 0.15) is 0 Å². The SMILES string of the molecule is Cc1nc2ccc(C(=O)OCC(=O)Nc3c(C)nn(C)c3C)cc2nc1C. The maximum Gasteiger partial charge on any atom is 0.338 e. The van der Waals surface area contributed by atoms with Crippen molar-refractivity contribution in [3.63, 3.8) is 0 Å². The fourth-order valence-electron chi connectivity index (χ4n) is 2.70. The lowest BCUT2D eigenvalue weighted by Gasteiger charge is -2.08. The zero-order valence-corrected chi connectivity index (χ0v) is 16.0. The quantitative estimate of drug-likeness (QED) is 0.711. The normalized spacial score (nSPS) is 10.9. The number of aryl methyl sites for hydroxylation is 4. The fourth-order valence-corrected chi connectivity index (χ4v) is 2.70. The van der Waals surface area contributed by atoms with Crippen molar-refractivity contribution in [1.29, 1.82) is 0 Å². The molecule has 0 unspecified atom stereocenters. The number of carbonyl (C=O) groups excluding carboxylic acids is 2. The Balaban J connectivity index is 1.67. The Morgan fingerprint density at radius 1 is 1.04 bits per heavy atom. The van der Waals surface area contributed by atoms with Gasteiger partial charge in [0.2, 0.25) is 0 Å². The molecule has 0 aliphatic carbocycles. The summed E-state index contributed by atoms with van der Waals surface area (Å²) < 4.78 is 6.80. The van der Waals surface area contributed by atoms with Crippen molar-refractivity contribution >= 4 is 28.6 Å². The van der Waals surface area contributed by atoms with Crippen molar-refractivity contribution in [2.45, 2.75) is 27.7 Å². The lowest BCUT2D eigenvalue weighted by molar-refractivity contribution is -0.119. The molecule has 0 saturated carbocycles. The first kappa shape index (κ1) is 18.5. The minimum Gasteiger partial charge on any atom is -0.452 e. The molecular formula is C19H21N5O3. The Bertz CT molecular complexity index is 1060. The van der Waals surface area contributed by atoms with Crippen molar-refractivity contribution in [3.05, 3.63) is 46.5 Å². The van der Waals surface area contributed by atoms with Crippen LogP contribution in [0.25, 0.3) is 11.0 Å². The predicted octanol–water partition coefficient (Wildman–Crippen LogP) is 2.39. The van der Waals surface area contributed by atoms with Crippen LogP contribution in [0.5, 0.6) is 0 Å². The molecular weight excluding hydrogens is 346 g/mol. The van der Waals surface area contributed by atoms with Gasteiger partial charge in [-0.25, -0.2) is 14.8 Å². The largest absolute Gasteiger partial charge is 0.452 e. The van der Waals surface area contributed by atoms with Crippen LogP contribution in [0.1, 0.15) is 33.1 Å². The molecule has 0 saturated heterocycles. The van der Waals surface area contributed by atoms with Crippen LogP contribution >= 0.6 is 0 Å². The number of hydrogen-bond donors (Lipinski definition) is 1. The van der Waals surface area contributed by atoms with Crippen molar-refractivity contribution < 1.29 is 14.3 Å². The average molecular weight is 367 g/mol. The summed E-state index contributed by atoms with van der Waals surface area (Å²) in [5.41, 5.74) is 5.44. The average Bonchev–Trinajstić information content (AvgIpc) is 2.86. The van der Waals surface area contributed by atoms with Crippen molar-refractivity contribution in [2.24, 2.45) is 7.05 Å². The Labute approximate surface area is 156 Å². The molecule has 3 aromatic rings. The lowest BCUT2D eigenvalue weighted by Crippen LogP contribution is -2.21. The monoisotopic (exact) mass is 367 g/mol. The molecule has 140 valence electrons. The number of benzene rings is 1. The Morgan fingerprint density at radius 3 is 2.33 bits per heavy atom. The molecule has 1 aromatic carbocycles. The number of nitrogens with one attached hydrogen (secondary N) is 1. The molecule has 0 aliphatic rings. The van der Waals surface area contributed by atoms with E-state index in [9.17, 15) is 9.59 Å². The Hall–Kier alpha value is -3.29. The van der Waals surface area contributed by atoms with Gasteiger partial charge in [-0.2, -0.15) is 5.10 Å². The topological polar surface area (TPSA) is 99.0 Å². The number of nitrogens with zero attached hydrogens (tertiary/aromatic N) is 4. The number of hydrogen-bond acceptors (Lipinski definition) is 6. The summed E-state index contributed by atoms with van der Waals surface area (Å²) in [7, 11) is 1.80. The number of ether oxygens (including phenoxy) is 1. The predicted molar refractivity (Wildman–Crippen MR) is 101 cm³/mol. The van der Waals surface area contributed by atoms with Crippen LogP contribution in [-0.4, -0.2) is 38.2 Å². The summed E-state index contributed by atoms with van der Waals surface area (Å²) in [5, 5.41) is 6.96. The fraction of sp³-hybridized carbons (Fsp3) is 0.316. The lowest BCUT2D eigenvalue weighted by atomic mass is 10.2. The van der Waals surface area contributed by atoms with Crippen molar-refractivity contribution in [2.75, 3.05) is 11.9 Å². The molecule has 27 heavy (non-hydrogen) atoms. The first-order valence-electron chi connectivity index (χ1n) is 8.48. The highest BCUT2D eigenvalue weighted by Crippen LogP contribution is 2.18. The van der Waals surface area contributed by atoms with Crippen LogP contribution in [0.4, 0.5) is 5.69 Å². The highest BCUT2D eigenvalue weighted by molar-refractivity contribution is 5.97. The summed E-state index contributed by atoms with van der Waals surface area (Å²) in [6, 6.07) is 4.94. The second kappa shape index (κ2) is 7.14. The van der Waals surface area contributed by atoms with Crippen LogP contribution in [0.15, 0.2) is 18.2 Å². The zero-order chi connectivity index (χ0) is 19.7. The summed E-state index contributed by atoms with van der Waals surface area (Å²) in [6.45, 7) is 7.01. The van der Waals surface area contributed by atoms with Crippen LogP contribution < -0.4 is 5.32 Å². The number of amides is 1. The van der Waals surface area contributed by atoms with Gasteiger partial charge in [0, 0.05) is 7.05 Å². The van der Waals surface area contributed by atoms with E-state index in [1.807, 2.05) is 20.8 Å². The van der Waals surface area contributed by atoms with Gasteiger partial charge in [-0.3, -0.25) is 9.48 Å². The zero-order valence-electron chi connectivity index (χ0n) is 16.0. The molecule has 3 rings (SSSR count). The number of rotatable bonds is 4. The molecule has 0 spiro atoms. The maximum absolute atomic E-state index is 12.3. The van der Waals surface area contributed by atoms with Gasteiger partial charge in [0.25, 0.3) is 5.91 Å². The molecule has 0 fully saturated rings. The van der Waals surface area contributed by atoms with Gasteiger partial charge in [-0.15, -0.1) is 0 Å². The van der Waals surface area contributed by atoms with Gasteiger partial charge >= 0.3 is 5.97 Å². The molecule has 2 heterocycles. The third-order valence-electron chi connectivity index (χ3n) is 4.42. The maximum atomic E-state index is 12.3. The van der Waals surface area contributed by atoms with E-state index >= 15 is 0 Å². The van der Waals surface area contributed by atoms with Gasteiger partial charge in [0.15, 0.2) is 6.61 Å². The number of esters is 1. The smallest absolute Gasteiger partial charge is 0.338 e. The van der Waals surface area contributed by atoms with Crippen LogP contribution in [0.2, 0.25) is 0 Å². The molecule has 0 aliphatic heterocycles. The molecule has 1 N–H and O–H groups in total. The summed E-state index contributed by atoms with van der Waals surface area (Å²) >= 11 is 0. The molecule has 8 heteroatoms. The van der Waals surface area contributed by atoms with Gasteiger partial charge in [0.05, 0.1) is 45.1 Å². The van der Waals surface area contributed by atoms with Crippen molar-refractivity contribution in [3.8, 4) is 0 Å². The van der Waals surface area contributed by atoms with Crippen LogP contribution in [0, 0.1) is 27.7 Å². The van der Waals surface area contributed by atoms with Gasteiger partial charge in [-0.05, 0) is 45.9 Å². The first-order valence-corrected chi connectivity index (χ1v) is 8.48. The molecule has 0 radical (unpaired) electrons. The molecule has 0 atom stereocenters. The van der Waals surface area contributed by atoms with Crippen LogP contribution in [-0.2, 0) is 16.6 Å². The number of aromatic nitrogens is 4. The van der Waals surface area contributed by atoms with E-state index in [1.54, 1.807) is 36.9 Å². The third-order valence-corrected chi connectivity index (χ3v) is 4.42. The number of carbonyl (C=O) groups is 2. The van der Waals surface area contributed by atoms with E-state index in [0.29, 0.717) is 28.0 Å². The van der Waals surface area contributed by atoms with E-state index < -0.39 is 11.9 Å². The molecule has 2 aromatic heterocycles. The Kier molecular flexibility index (Phi) is 4.89.